The van der Waals surface area contributed by atoms with Crippen LogP contribution in [0.5, 0.6) is 5.75 Å². The van der Waals surface area contributed by atoms with Gasteiger partial charge in [-0.15, -0.1) is 0 Å². The summed E-state index contributed by atoms with van der Waals surface area (Å²) in [5, 5.41) is 3.72. The fraction of sp³-hybridized carbons (Fsp3) is 0.250. The summed E-state index contributed by atoms with van der Waals surface area (Å²) in [6.07, 6.45) is 2.80. The minimum absolute atomic E-state index is 0.126. The molecule has 0 aliphatic rings. The van der Waals surface area contributed by atoms with Crippen molar-refractivity contribution in [2.24, 2.45) is 0 Å². The number of halogens is 1. The molecular formula is C20H20FNO3. The van der Waals surface area contributed by atoms with Crippen molar-refractivity contribution in [1.82, 2.24) is 5.32 Å². The highest BCUT2D eigenvalue weighted by atomic mass is 19.1. The number of furan rings is 1. The fourth-order valence-electron chi connectivity index (χ4n) is 2.63. The molecule has 1 aromatic heterocycles. The van der Waals surface area contributed by atoms with E-state index in [0.717, 1.165) is 23.0 Å². The van der Waals surface area contributed by atoms with Gasteiger partial charge < -0.3 is 14.5 Å². The molecule has 0 radical (unpaired) electrons. The summed E-state index contributed by atoms with van der Waals surface area (Å²) in [4.78, 5) is 12.1. The van der Waals surface area contributed by atoms with Crippen molar-refractivity contribution >= 4 is 16.9 Å². The number of hydrogen-bond donors (Lipinski definition) is 1. The summed E-state index contributed by atoms with van der Waals surface area (Å²) < 4.78 is 24.3. The van der Waals surface area contributed by atoms with E-state index in [1.165, 1.54) is 11.6 Å². The number of nitrogens with one attached hydrogen (secondary N) is 1. The standard InChI is InChI=1S/C20H20FNO3/c1-2-14-7-8-16-15(13-25-19(16)11-14)12-20(23)22-9-10-24-18-6-4-3-5-17(18)21/h3-8,11,13H,2,9-10,12H2,1H3,(H,22,23). The maximum absolute atomic E-state index is 13.4. The summed E-state index contributed by atoms with van der Waals surface area (Å²) in [6.45, 7) is 2.60. The minimum Gasteiger partial charge on any atom is -0.489 e. The fourth-order valence-corrected chi connectivity index (χ4v) is 2.63. The molecule has 3 rings (SSSR count). The predicted molar refractivity (Wildman–Crippen MR) is 94.2 cm³/mol. The highest BCUT2D eigenvalue weighted by Gasteiger charge is 2.11. The molecule has 0 saturated heterocycles. The number of aryl methyl sites for hydroxylation is 1. The maximum atomic E-state index is 13.4. The molecular weight excluding hydrogens is 321 g/mol. The molecule has 0 bridgehead atoms. The summed E-state index contributed by atoms with van der Waals surface area (Å²) in [5.74, 6) is -0.353. The van der Waals surface area contributed by atoms with E-state index in [1.54, 1.807) is 24.5 Å². The molecule has 1 amide bonds. The lowest BCUT2D eigenvalue weighted by Crippen LogP contribution is -2.29. The Hall–Kier alpha value is -2.82. The van der Waals surface area contributed by atoms with Crippen molar-refractivity contribution in [2.45, 2.75) is 19.8 Å². The molecule has 1 heterocycles. The van der Waals surface area contributed by atoms with Gasteiger partial charge in [-0.25, -0.2) is 4.39 Å². The van der Waals surface area contributed by atoms with Gasteiger partial charge in [-0.2, -0.15) is 0 Å². The number of amides is 1. The molecule has 1 N–H and O–H groups in total. The first-order valence-electron chi connectivity index (χ1n) is 8.30. The molecule has 0 aliphatic carbocycles. The average Bonchev–Trinajstić information content (AvgIpc) is 3.02. The largest absolute Gasteiger partial charge is 0.489 e. The Bertz CT molecular complexity index is 872. The van der Waals surface area contributed by atoms with E-state index in [0.29, 0.717) is 6.54 Å². The molecule has 130 valence electrons. The van der Waals surface area contributed by atoms with Crippen LogP contribution in [-0.2, 0) is 17.6 Å². The number of hydrogen-bond acceptors (Lipinski definition) is 3. The summed E-state index contributed by atoms with van der Waals surface area (Å²) in [5.41, 5.74) is 2.85. The second-order valence-electron chi connectivity index (χ2n) is 5.75. The van der Waals surface area contributed by atoms with Gasteiger partial charge >= 0.3 is 0 Å². The van der Waals surface area contributed by atoms with Crippen LogP contribution in [-0.4, -0.2) is 19.1 Å². The second kappa shape index (κ2) is 7.83. The zero-order valence-electron chi connectivity index (χ0n) is 14.0. The van der Waals surface area contributed by atoms with Gasteiger partial charge in [-0.05, 0) is 30.2 Å². The highest BCUT2D eigenvalue weighted by Crippen LogP contribution is 2.23. The topological polar surface area (TPSA) is 51.5 Å². The van der Waals surface area contributed by atoms with Crippen molar-refractivity contribution in [1.29, 1.82) is 0 Å². The van der Waals surface area contributed by atoms with Gasteiger partial charge in [-0.1, -0.05) is 31.2 Å². The Balaban J connectivity index is 1.50. The Labute approximate surface area is 145 Å². The first-order valence-corrected chi connectivity index (χ1v) is 8.30. The number of fused-ring (bicyclic) bond motifs is 1. The zero-order chi connectivity index (χ0) is 17.6. The Morgan fingerprint density at radius 1 is 1.24 bits per heavy atom. The quantitative estimate of drug-likeness (QED) is 0.664. The summed E-state index contributed by atoms with van der Waals surface area (Å²) in [7, 11) is 0. The van der Waals surface area contributed by atoms with Crippen molar-refractivity contribution in [3.63, 3.8) is 0 Å². The smallest absolute Gasteiger partial charge is 0.224 e. The third-order valence-corrected chi connectivity index (χ3v) is 4.00. The van der Waals surface area contributed by atoms with Gasteiger partial charge in [0.25, 0.3) is 0 Å². The molecule has 4 nitrogen and oxygen atoms in total. The third kappa shape index (κ3) is 4.18. The van der Waals surface area contributed by atoms with E-state index in [4.69, 9.17) is 9.15 Å². The molecule has 0 saturated carbocycles. The first kappa shape index (κ1) is 17.0. The van der Waals surface area contributed by atoms with Crippen LogP contribution in [0.25, 0.3) is 11.0 Å². The first-order chi connectivity index (χ1) is 12.2. The van der Waals surface area contributed by atoms with Crippen LogP contribution >= 0.6 is 0 Å². The van der Waals surface area contributed by atoms with Crippen LogP contribution in [0.1, 0.15) is 18.1 Å². The van der Waals surface area contributed by atoms with Crippen LogP contribution in [0, 0.1) is 5.82 Å². The van der Waals surface area contributed by atoms with Gasteiger partial charge in [0.2, 0.25) is 5.91 Å². The SMILES string of the molecule is CCc1ccc2c(CC(=O)NCCOc3ccccc3F)coc2c1. The summed E-state index contributed by atoms with van der Waals surface area (Å²) in [6, 6.07) is 12.2. The monoisotopic (exact) mass is 341 g/mol. The van der Waals surface area contributed by atoms with Crippen LogP contribution in [0.15, 0.2) is 53.1 Å². The van der Waals surface area contributed by atoms with E-state index < -0.39 is 5.82 Å². The van der Waals surface area contributed by atoms with Gasteiger partial charge in [0.1, 0.15) is 12.2 Å². The van der Waals surface area contributed by atoms with Crippen LogP contribution in [0.3, 0.4) is 0 Å². The molecule has 0 atom stereocenters. The minimum atomic E-state index is -0.412. The Morgan fingerprint density at radius 3 is 2.88 bits per heavy atom. The average molecular weight is 341 g/mol. The number of para-hydroxylation sites is 1. The number of carbonyl (C=O) groups is 1. The van der Waals surface area contributed by atoms with Gasteiger partial charge in [0, 0.05) is 10.9 Å². The Kier molecular flexibility index (Phi) is 5.33. The van der Waals surface area contributed by atoms with Crippen molar-refractivity contribution < 1.29 is 18.3 Å². The lowest BCUT2D eigenvalue weighted by atomic mass is 10.1. The number of benzene rings is 2. The molecule has 0 aliphatic heterocycles. The number of ether oxygens (including phenoxy) is 1. The third-order valence-electron chi connectivity index (χ3n) is 4.00. The summed E-state index contributed by atoms with van der Waals surface area (Å²) >= 11 is 0. The second-order valence-corrected chi connectivity index (χ2v) is 5.75. The van der Waals surface area contributed by atoms with Crippen LogP contribution in [0.2, 0.25) is 0 Å². The van der Waals surface area contributed by atoms with Crippen LogP contribution in [0.4, 0.5) is 4.39 Å². The van der Waals surface area contributed by atoms with Gasteiger partial charge in [0.05, 0.1) is 19.2 Å². The maximum Gasteiger partial charge on any atom is 0.224 e. The molecule has 2 aromatic carbocycles. The zero-order valence-corrected chi connectivity index (χ0v) is 14.0. The highest BCUT2D eigenvalue weighted by molar-refractivity contribution is 5.87. The van der Waals surface area contributed by atoms with E-state index in [9.17, 15) is 9.18 Å². The molecule has 25 heavy (non-hydrogen) atoms. The molecule has 3 aromatic rings. The molecule has 0 spiro atoms. The lowest BCUT2D eigenvalue weighted by Gasteiger charge is -2.08. The predicted octanol–water partition coefficient (Wildman–Crippen LogP) is 3.87. The van der Waals surface area contributed by atoms with E-state index in [2.05, 4.69) is 12.2 Å². The van der Waals surface area contributed by atoms with Crippen molar-refractivity contribution in [3.8, 4) is 5.75 Å². The van der Waals surface area contributed by atoms with E-state index in [-0.39, 0.29) is 24.7 Å². The molecule has 0 unspecified atom stereocenters. The molecule has 5 heteroatoms. The van der Waals surface area contributed by atoms with E-state index in [1.807, 2.05) is 18.2 Å². The molecule has 0 fully saturated rings. The lowest BCUT2D eigenvalue weighted by molar-refractivity contribution is -0.120. The van der Waals surface area contributed by atoms with Gasteiger partial charge in [-0.3, -0.25) is 4.79 Å². The Morgan fingerprint density at radius 2 is 2.08 bits per heavy atom. The van der Waals surface area contributed by atoms with Crippen molar-refractivity contribution in [3.05, 3.63) is 65.7 Å². The number of carbonyl (C=O) groups excluding carboxylic acids is 1. The normalized spacial score (nSPS) is 10.8. The van der Waals surface area contributed by atoms with E-state index >= 15 is 0 Å². The number of rotatable bonds is 7. The van der Waals surface area contributed by atoms with Crippen LogP contribution < -0.4 is 10.1 Å². The van der Waals surface area contributed by atoms with Gasteiger partial charge in [0.15, 0.2) is 11.6 Å². The van der Waals surface area contributed by atoms with Crippen molar-refractivity contribution in [2.75, 3.05) is 13.2 Å².